The molecule has 0 aromatic carbocycles. The minimum atomic E-state index is 0.527. The minimum absolute atomic E-state index is 0.527. The van der Waals surface area contributed by atoms with Gasteiger partial charge in [-0.1, -0.05) is 20.3 Å². The summed E-state index contributed by atoms with van der Waals surface area (Å²) >= 11 is 1.79. The van der Waals surface area contributed by atoms with Crippen molar-refractivity contribution in [2.24, 2.45) is 11.8 Å². The molecule has 1 aliphatic rings. The number of rotatable bonds is 6. The van der Waals surface area contributed by atoms with Crippen LogP contribution in [0, 0.1) is 11.8 Å². The van der Waals surface area contributed by atoms with Gasteiger partial charge in [-0.05, 0) is 31.2 Å². The van der Waals surface area contributed by atoms with Gasteiger partial charge in [0.1, 0.15) is 5.01 Å². The molecule has 1 heterocycles. The molecule has 0 spiro atoms. The van der Waals surface area contributed by atoms with E-state index in [2.05, 4.69) is 29.5 Å². The van der Waals surface area contributed by atoms with Crippen LogP contribution in [0.5, 0.6) is 0 Å². The van der Waals surface area contributed by atoms with E-state index >= 15 is 0 Å². The summed E-state index contributed by atoms with van der Waals surface area (Å²) in [5, 5.41) is 7.04. The van der Waals surface area contributed by atoms with Crippen LogP contribution in [0.3, 0.4) is 0 Å². The summed E-state index contributed by atoms with van der Waals surface area (Å²) in [4.78, 5) is 4.44. The van der Waals surface area contributed by atoms with Gasteiger partial charge in [0.15, 0.2) is 0 Å². The molecule has 2 atom stereocenters. The average Bonchev–Trinajstić information content (AvgIpc) is 2.94. The zero-order chi connectivity index (χ0) is 10.7. The Balaban J connectivity index is 1.90. The summed E-state index contributed by atoms with van der Waals surface area (Å²) < 4.78 is 0. The molecule has 1 fully saturated rings. The molecule has 2 nitrogen and oxygen atoms in total. The maximum atomic E-state index is 4.44. The molecule has 0 bridgehead atoms. The Morgan fingerprint density at radius 3 is 2.93 bits per heavy atom. The summed E-state index contributed by atoms with van der Waals surface area (Å²) in [6.07, 6.45) is 5.91. The SMILES string of the molecule is CCC(C)CNC(c1nccs1)C1CC1. The van der Waals surface area contributed by atoms with Gasteiger partial charge in [0.2, 0.25) is 0 Å². The van der Waals surface area contributed by atoms with Crippen molar-refractivity contribution in [2.45, 2.75) is 39.2 Å². The zero-order valence-electron chi connectivity index (χ0n) is 9.57. The number of hydrogen-bond donors (Lipinski definition) is 1. The molecule has 2 rings (SSSR count). The van der Waals surface area contributed by atoms with Crippen LogP contribution in [0.2, 0.25) is 0 Å². The smallest absolute Gasteiger partial charge is 0.110 e. The number of hydrogen-bond acceptors (Lipinski definition) is 3. The van der Waals surface area contributed by atoms with Gasteiger partial charge in [-0.25, -0.2) is 4.98 Å². The molecule has 1 saturated carbocycles. The van der Waals surface area contributed by atoms with Crippen LogP contribution in [0.4, 0.5) is 0 Å². The van der Waals surface area contributed by atoms with E-state index in [0.29, 0.717) is 6.04 Å². The van der Waals surface area contributed by atoms with E-state index in [4.69, 9.17) is 0 Å². The summed E-state index contributed by atoms with van der Waals surface area (Å²) in [6.45, 7) is 5.68. The van der Waals surface area contributed by atoms with Crippen LogP contribution in [0.25, 0.3) is 0 Å². The van der Waals surface area contributed by atoms with Gasteiger partial charge in [-0.3, -0.25) is 0 Å². The lowest BCUT2D eigenvalue weighted by atomic mass is 10.1. The molecule has 1 N–H and O–H groups in total. The van der Waals surface area contributed by atoms with Crippen LogP contribution in [0.15, 0.2) is 11.6 Å². The quantitative estimate of drug-likeness (QED) is 0.802. The number of thiazole rings is 1. The van der Waals surface area contributed by atoms with Crippen molar-refractivity contribution in [1.29, 1.82) is 0 Å². The van der Waals surface area contributed by atoms with Gasteiger partial charge in [-0.15, -0.1) is 11.3 Å². The molecule has 1 aromatic heterocycles. The lowest BCUT2D eigenvalue weighted by Crippen LogP contribution is -2.27. The van der Waals surface area contributed by atoms with Crippen molar-refractivity contribution >= 4 is 11.3 Å². The summed E-state index contributed by atoms with van der Waals surface area (Å²) in [6, 6.07) is 0.527. The third-order valence-corrected chi connectivity index (χ3v) is 4.05. The van der Waals surface area contributed by atoms with Crippen LogP contribution < -0.4 is 5.32 Å². The van der Waals surface area contributed by atoms with E-state index in [1.807, 2.05) is 6.20 Å². The van der Waals surface area contributed by atoms with Crippen molar-refractivity contribution in [3.05, 3.63) is 16.6 Å². The molecular weight excluding hydrogens is 204 g/mol. The molecule has 0 saturated heterocycles. The van der Waals surface area contributed by atoms with Gasteiger partial charge in [0.05, 0.1) is 6.04 Å². The van der Waals surface area contributed by atoms with Gasteiger partial charge in [-0.2, -0.15) is 0 Å². The second-order valence-electron chi connectivity index (χ2n) is 4.61. The molecule has 2 unspecified atom stereocenters. The monoisotopic (exact) mass is 224 g/mol. The standard InChI is InChI=1S/C12H20N2S/c1-3-9(2)8-14-11(10-4-5-10)12-13-6-7-15-12/h6-7,9-11,14H,3-5,8H2,1-2H3. The third-order valence-electron chi connectivity index (χ3n) is 3.19. The maximum Gasteiger partial charge on any atom is 0.110 e. The maximum absolute atomic E-state index is 4.44. The molecule has 0 radical (unpaired) electrons. The lowest BCUT2D eigenvalue weighted by molar-refractivity contribution is 0.416. The summed E-state index contributed by atoms with van der Waals surface area (Å²) in [7, 11) is 0. The largest absolute Gasteiger partial charge is 0.307 e. The molecule has 84 valence electrons. The Morgan fingerprint density at radius 1 is 1.60 bits per heavy atom. The van der Waals surface area contributed by atoms with Crippen LogP contribution in [-0.4, -0.2) is 11.5 Å². The van der Waals surface area contributed by atoms with E-state index in [1.165, 1.54) is 24.3 Å². The van der Waals surface area contributed by atoms with Gasteiger partial charge < -0.3 is 5.32 Å². The zero-order valence-corrected chi connectivity index (χ0v) is 10.4. The second kappa shape index (κ2) is 5.08. The third kappa shape index (κ3) is 3.02. The van der Waals surface area contributed by atoms with Crippen LogP contribution in [-0.2, 0) is 0 Å². The normalized spacial score (nSPS) is 20.1. The first-order valence-corrected chi connectivity index (χ1v) is 6.82. The highest BCUT2D eigenvalue weighted by Crippen LogP contribution is 2.41. The average molecular weight is 224 g/mol. The fourth-order valence-corrected chi connectivity index (χ4v) is 2.55. The minimum Gasteiger partial charge on any atom is -0.307 e. The molecule has 1 aliphatic carbocycles. The van der Waals surface area contributed by atoms with Crippen LogP contribution in [0.1, 0.15) is 44.2 Å². The van der Waals surface area contributed by atoms with Gasteiger partial charge in [0.25, 0.3) is 0 Å². The predicted molar refractivity (Wildman–Crippen MR) is 65.0 cm³/mol. The fraction of sp³-hybridized carbons (Fsp3) is 0.750. The Hall–Kier alpha value is -0.410. The van der Waals surface area contributed by atoms with E-state index < -0.39 is 0 Å². The van der Waals surface area contributed by atoms with Crippen LogP contribution >= 0.6 is 11.3 Å². The van der Waals surface area contributed by atoms with Crippen molar-refractivity contribution in [3.63, 3.8) is 0 Å². The first-order valence-electron chi connectivity index (χ1n) is 5.94. The highest BCUT2D eigenvalue weighted by atomic mass is 32.1. The van der Waals surface area contributed by atoms with Crippen molar-refractivity contribution in [2.75, 3.05) is 6.54 Å². The van der Waals surface area contributed by atoms with E-state index in [9.17, 15) is 0 Å². The highest BCUT2D eigenvalue weighted by Gasteiger charge is 2.33. The lowest BCUT2D eigenvalue weighted by Gasteiger charge is -2.18. The first kappa shape index (κ1) is 11.1. The van der Waals surface area contributed by atoms with Crippen molar-refractivity contribution in [1.82, 2.24) is 10.3 Å². The topological polar surface area (TPSA) is 24.9 Å². The first-order chi connectivity index (χ1) is 7.31. The molecule has 0 amide bonds. The Kier molecular flexibility index (Phi) is 3.76. The summed E-state index contributed by atoms with van der Waals surface area (Å²) in [5.41, 5.74) is 0. The number of nitrogens with zero attached hydrogens (tertiary/aromatic N) is 1. The Morgan fingerprint density at radius 2 is 2.40 bits per heavy atom. The molecule has 0 aliphatic heterocycles. The number of nitrogens with one attached hydrogen (secondary N) is 1. The number of aromatic nitrogens is 1. The highest BCUT2D eigenvalue weighted by molar-refractivity contribution is 7.09. The van der Waals surface area contributed by atoms with Crippen molar-refractivity contribution in [3.8, 4) is 0 Å². The van der Waals surface area contributed by atoms with Gasteiger partial charge in [0, 0.05) is 11.6 Å². The van der Waals surface area contributed by atoms with E-state index in [0.717, 1.165) is 18.4 Å². The molecular formula is C12H20N2S. The van der Waals surface area contributed by atoms with Crippen molar-refractivity contribution < 1.29 is 0 Å². The predicted octanol–water partition coefficient (Wildman–Crippen LogP) is 3.23. The molecule has 1 aromatic rings. The summed E-state index contributed by atoms with van der Waals surface area (Å²) in [5.74, 6) is 1.62. The molecule has 15 heavy (non-hydrogen) atoms. The fourth-order valence-electron chi connectivity index (χ4n) is 1.75. The Bertz CT molecular complexity index is 280. The van der Waals surface area contributed by atoms with Gasteiger partial charge >= 0.3 is 0 Å². The molecule has 3 heteroatoms. The van der Waals surface area contributed by atoms with E-state index in [-0.39, 0.29) is 0 Å². The second-order valence-corrected chi connectivity index (χ2v) is 5.53. The Labute approximate surface area is 96.1 Å². The van der Waals surface area contributed by atoms with E-state index in [1.54, 1.807) is 11.3 Å².